The minimum atomic E-state index is -1.37. The number of carbonyl (C=O) groups excluding carboxylic acids is 3. The Kier molecular flexibility index (Phi) is 3.17. The molecule has 178 valence electrons. The van der Waals surface area contributed by atoms with E-state index in [0.29, 0.717) is 39.0 Å². The van der Waals surface area contributed by atoms with E-state index in [0.717, 1.165) is 11.0 Å². The Hall–Kier alpha value is -4.57. The van der Waals surface area contributed by atoms with E-state index < -0.39 is 29.3 Å². The van der Waals surface area contributed by atoms with Gasteiger partial charge < -0.3 is 30.8 Å². The zero-order valence-corrected chi connectivity index (χ0v) is 18.7. The Morgan fingerprint density at radius 1 is 0.917 bits per heavy atom. The molecule has 2 aliphatic heterocycles. The molecular formula is C26H19N5O5. The van der Waals surface area contributed by atoms with Crippen LogP contribution in [-0.2, 0) is 4.79 Å². The van der Waals surface area contributed by atoms with Crippen LogP contribution in [0.2, 0.25) is 0 Å². The summed E-state index contributed by atoms with van der Waals surface area (Å²) in [7, 11) is 0. The van der Waals surface area contributed by atoms with Crippen LogP contribution in [0, 0.1) is 0 Å². The quantitative estimate of drug-likeness (QED) is 0.230. The van der Waals surface area contributed by atoms with Crippen molar-refractivity contribution in [3.63, 3.8) is 0 Å². The van der Waals surface area contributed by atoms with Crippen LogP contribution in [0.1, 0.15) is 45.6 Å². The SMILES string of the molecule is NC(=O)[C@]1(N)CC2CC1n1c3ccc(O)cc3c3c4c(c5c6cc(O)ccc6n2c5c31)C(=O)NC4=O. The molecule has 0 saturated heterocycles. The van der Waals surface area contributed by atoms with Gasteiger partial charge in [0.15, 0.2) is 0 Å². The smallest absolute Gasteiger partial charge is 0.259 e. The number of hydrogen-bond acceptors (Lipinski definition) is 6. The van der Waals surface area contributed by atoms with E-state index in [1.807, 2.05) is 4.57 Å². The summed E-state index contributed by atoms with van der Waals surface area (Å²) in [5, 5.41) is 25.4. The topological polar surface area (TPSA) is 166 Å². The van der Waals surface area contributed by atoms with Crippen molar-refractivity contribution < 1.29 is 24.6 Å². The summed E-state index contributed by atoms with van der Waals surface area (Å²) >= 11 is 0. The number of nitrogens with zero attached hydrogens (tertiary/aromatic N) is 2. The molecular weight excluding hydrogens is 462 g/mol. The number of phenols is 2. The van der Waals surface area contributed by atoms with Crippen molar-refractivity contribution in [1.29, 1.82) is 0 Å². The summed E-state index contributed by atoms with van der Waals surface area (Å²) in [6, 6.07) is 9.04. The van der Waals surface area contributed by atoms with Gasteiger partial charge >= 0.3 is 0 Å². The summed E-state index contributed by atoms with van der Waals surface area (Å²) in [4.78, 5) is 39.2. The molecule has 0 spiro atoms. The van der Waals surface area contributed by atoms with Crippen molar-refractivity contribution in [2.75, 3.05) is 0 Å². The van der Waals surface area contributed by atoms with E-state index in [1.165, 1.54) is 0 Å². The molecule has 1 saturated carbocycles. The van der Waals surface area contributed by atoms with Crippen molar-refractivity contribution in [2.45, 2.75) is 30.5 Å². The minimum Gasteiger partial charge on any atom is -0.508 e. The molecule has 2 bridgehead atoms. The first-order valence-corrected chi connectivity index (χ1v) is 11.6. The lowest BCUT2D eigenvalue weighted by Crippen LogP contribution is -2.55. The molecule has 0 radical (unpaired) electrons. The highest BCUT2D eigenvalue weighted by Crippen LogP contribution is 2.56. The third-order valence-corrected chi connectivity index (χ3v) is 8.43. The molecule has 1 aliphatic carbocycles. The van der Waals surface area contributed by atoms with Crippen LogP contribution < -0.4 is 16.8 Å². The molecule has 5 aromatic rings. The number of nitrogens with two attached hydrogens (primary N) is 2. The molecule has 2 aromatic heterocycles. The lowest BCUT2D eigenvalue weighted by Gasteiger charge is -2.31. The Balaban J connectivity index is 1.76. The number of nitrogens with one attached hydrogen (secondary N) is 1. The number of hydrogen-bond donors (Lipinski definition) is 5. The monoisotopic (exact) mass is 481 g/mol. The zero-order valence-electron chi connectivity index (χ0n) is 18.7. The number of amides is 3. The van der Waals surface area contributed by atoms with Gasteiger partial charge in [0.1, 0.15) is 17.0 Å². The van der Waals surface area contributed by atoms with Crippen LogP contribution in [-0.4, -0.2) is 42.6 Å². The van der Waals surface area contributed by atoms with Gasteiger partial charge in [-0.1, -0.05) is 0 Å². The fraction of sp³-hybridized carbons (Fsp3) is 0.192. The first-order chi connectivity index (χ1) is 17.2. The largest absolute Gasteiger partial charge is 0.508 e. The maximum atomic E-state index is 13.2. The van der Waals surface area contributed by atoms with Crippen molar-refractivity contribution >= 4 is 61.3 Å². The van der Waals surface area contributed by atoms with E-state index in [-0.39, 0.29) is 35.1 Å². The average molecular weight is 481 g/mol. The fourth-order valence-electron chi connectivity index (χ4n) is 7.09. The van der Waals surface area contributed by atoms with Crippen molar-refractivity contribution in [3.05, 3.63) is 47.5 Å². The maximum Gasteiger partial charge on any atom is 0.259 e. The highest BCUT2D eigenvalue weighted by Gasteiger charge is 2.54. The molecule has 4 heterocycles. The van der Waals surface area contributed by atoms with Crippen molar-refractivity contribution in [3.8, 4) is 11.5 Å². The number of benzene rings is 3. The Labute approximate surface area is 201 Å². The van der Waals surface area contributed by atoms with Gasteiger partial charge in [0.05, 0.1) is 28.2 Å². The number of primary amides is 1. The highest BCUT2D eigenvalue weighted by molar-refractivity contribution is 6.39. The summed E-state index contributed by atoms with van der Waals surface area (Å²) in [6.07, 6.45) is 0.784. The van der Waals surface area contributed by atoms with Gasteiger partial charge in [0.2, 0.25) is 5.91 Å². The molecule has 1 fully saturated rings. The molecule has 3 atom stereocenters. The normalized spacial score (nSPS) is 24.4. The number of aromatic nitrogens is 2. The van der Waals surface area contributed by atoms with Crippen molar-refractivity contribution in [2.24, 2.45) is 11.5 Å². The highest BCUT2D eigenvalue weighted by atomic mass is 16.3. The summed E-state index contributed by atoms with van der Waals surface area (Å²) < 4.78 is 4.05. The second-order valence-electron chi connectivity index (χ2n) is 10.1. The van der Waals surface area contributed by atoms with E-state index >= 15 is 0 Å². The standard InChI is InChI=1S/C26H19N5O5/c27-25(36)26(28)8-9-5-16(26)31-15-4-2-11(33)7-13(15)18-20-19(23(34)29-24(20)35)17-12-6-10(32)1-3-14(12)30(9)21(17)22(18)31/h1-4,6-7,9,16,32-33H,5,8,28H2,(H2,27,36)(H,29,34,35)/t9?,16?,26-/m0/s1. The van der Waals surface area contributed by atoms with Crippen LogP contribution in [0.5, 0.6) is 11.5 Å². The molecule has 3 amide bonds. The number of phenolic OH excluding ortho intramolecular Hbond substituents is 2. The van der Waals surface area contributed by atoms with Gasteiger partial charge in [-0.3, -0.25) is 19.7 Å². The second-order valence-corrected chi connectivity index (χ2v) is 10.1. The van der Waals surface area contributed by atoms with Crippen LogP contribution in [0.15, 0.2) is 36.4 Å². The van der Waals surface area contributed by atoms with Crippen LogP contribution in [0.3, 0.4) is 0 Å². The summed E-state index contributed by atoms with van der Waals surface area (Å²) in [6.45, 7) is 0. The Bertz CT molecular complexity index is 1950. The van der Waals surface area contributed by atoms with E-state index in [9.17, 15) is 24.6 Å². The van der Waals surface area contributed by atoms with Gasteiger partial charge in [-0.2, -0.15) is 0 Å². The minimum absolute atomic E-state index is 0.000801. The van der Waals surface area contributed by atoms with Gasteiger partial charge in [-0.05, 0) is 49.2 Å². The van der Waals surface area contributed by atoms with E-state index in [1.54, 1.807) is 36.4 Å². The third kappa shape index (κ3) is 1.95. The molecule has 2 unspecified atom stereocenters. The first kappa shape index (κ1) is 19.7. The van der Waals surface area contributed by atoms with E-state index in [2.05, 4.69) is 9.88 Å². The number of aromatic hydroxyl groups is 2. The lowest BCUT2D eigenvalue weighted by molar-refractivity contribution is -0.124. The van der Waals surface area contributed by atoms with Gasteiger partial charge in [0, 0.05) is 38.6 Å². The lowest BCUT2D eigenvalue weighted by atomic mass is 9.92. The number of fused-ring (bicyclic) bond motifs is 13. The average Bonchev–Trinajstić information content (AvgIpc) is 3.49. The van der Waals surface area contributed by atoms with Crippen molar-refractivity contribution in [1.82, 2.24) is 14.5 Å². The first-order valence-electron chi connectivity index (χ1n) is 11.6. The number of carbonyl (C=O) groups is 3. The summed E-state index contributed by atoms with van der Waals surface area (Å²) in [5.41, 5.74) is 14.5. The Morgan fingerprint density at radius 3 is 2.00 bits per heavy atom. The van der Waals surface area contributed by atoms with Crippen LogP contribution in [0.25, 0.3) is 43.6 Å². The third-order valence-electron chi connectivity index (χ3n) is 8.43. The van der Waals surface area contributed by atoms with Gasteiger partial charge in [-0.25, -0.2) is 0 Å². The molecule has 36 heavy (non-hydrogen) atoms. The molecule has 3 aliphatic rings. The Morgan fingerprint density at radius 2 is 1.44 bits per heavy atom. The fourth-order valence-corrected chi connectivity index (χ4v) is 7.09. The predicted octanol–water partition coefficient (Wildman–Crippen LogP) is 2.27. The van der Waals surface area contributed by atoms with Crippen LogP contribution >= 0.6 is 0 Å². The molecule has 8 rings (SSSR count). The molecule has 3 aromatic carbocycles. The molecule has 10 nitrogen and oxygen atoms in total. The molecule has 7 N–H and O–H groups in total. The number of rotatable bonds is 1. The predicted molar refractivity (Wildman–Crippen MR) is 131 cm³/mol. The second kappa shape index (κ2) is 5.80. The number of imide groups is 1. The maximum absolute atomic E-state index is 13.2. The van der Waals surface area contributed by atoms with Gasteiger partial charge in [-0.15, -0.1) is 0 Å². The zero-order chi connectivity index (χ0) is 24.8. The van der Waals surface area contributed by atoms with E-state index in [4.69, 9.17) is 11.5 Å². The van der Waals surface area contributed by atoms with Gasteiger partial charge in [0.25, 0.3) is 11.8 Å². The summed E-state index contributed by atoms with van der Waals surface area (Å²) in [5.74, 6) is -1.64. The molecule has 10 heteroatoms. The van der Waals surface area contributed by atoms with Crippen LogP contribution in [0.4, 0.5) is 0 Å².